The van der Waals surface area contributed by atoms with Crippen LogP contribution in [0.4, 0.5) is 0 Å². The van der Waals surface area contributed by atoms with E-state index in [2.05, 4.69) is 6.92 Å². The van der Waals surface area contributed by atoms with Gasteiger partial charge in [-0.2, -0.15) is 0 Å². The molecule has 2 N–H and O–H groups in total. The van der Waals surface area contributed by atoms with Crippen LogP contribution in [0.15, 0.2) is 29.2 Å². The molecule has 2 unspecified atom stereocenters. The first-order chi connectivity index (χ1) is 10.8. The molecule has 1 aliphatic heterocycles. The van der Waals surface area contributed by atoms with Gasteiger partial charge in [0, 0.05) is 38.8 Å². The second-order valence-electron chi connectivity index (χ2n) is 6.33. The molecule has 0 aromatic heterocycles. The van der Waals surface area contributed by atoms with Gasteiger partial charge in [0.15, 0.2) is 0 Å². The van der Waals surface area contributed by atoms with E-state index in [1.54, 1.807) is 12.1 Å². The number of nitrogens with zero attached hydrogens (tertiary/aromatic N) is 2. The number of rotatable bonds is 4. The number of likely N-dealkylation sites (tertiary alicyclic amines) is 1. The second kappa shape index (κ2) is 8.29. The van der Waals surface area contributed by atoms with Crippen LogP contribution in [-0.2, 0) is 10.0 Å². The predicted molar refractivity (Wildman–Crippen MR) is 96.8 cm³/mol. The number of piperidine rings is 1. The van der Waals surface area contributed by atoms with Crippen LogP contribution >= 0.6 is 12.4 Å². The lowest BCUT2D eigenvalue weighted by atomic mass is 9.92. The zero-order valence-corrected chi connectivity index (χ0v) is 15.9. The van der Waals surface area contributed by atoms with Crippen LogP contribution in [-0.4, -0.2) is 56.8 Å². The summed E-state index contributed by atoms with van der Waals surface area (Å²) in [4.78, 5) is 14.7. The fraction of sp³-hybridized carbons (Fsp3) is 0.562. The van der Waals surface area contributed by atoms with Gasteiger partial charge in [-0.15, -0.1) is 12.4 Å². The van der Waals surface area contributed by atoms with E-state index in [0.717, 1.165) is 17.1 Å². The standard InChI is InChI=1S/C16H25N3O3S.ClH/c1-12-8-9-19(14(10-12)11-17)16(20)13-4-6-15(7-5-13)23(21,22)18(2)3;/h4-7,12,14H,8-11,17H2,1-3H3;1H. The molecule has 0 radical (unpaired) electrons. The molecule has 6 nitrogen and oxygen atoms in total. The van der Waals surface area contributed by atoms with Gasteiger partial charge in [0.25, 0.3) is 5.91 Å². The van der Waals surface area contributed by atoms with E-state index in [1.165, 1.54) is 26.2 Å². The molecule has 24 heavy (non-hydrogen) atoms. The zero-order valence-electron chi connectivity index (χ0n) is 14.3. The van der Waals surface area contributed by atoms with Gasteiger partial charge in [0.2, 0.25) is 10.0 Å². The smallest absolute Gasteiger partial charge is 0.254 e. The molecule has 1 fully saturated rings. The van der Waals surface area contributed by atoms with E-state index in [4.69, 9.17) is 5.73 Å². The number of amides is 1. The van der Waals surface area contributed by atoms with Crippen molar-refractivity contribution in [3.05, 3.63) is 29.8 Å². The molecular formula is C16H26ClN3O3S. The lowest BCUT2D eigenvalue weighted by molar-refractivity contribution is 0.0573. The van der Waals surface area contributed by atoms with Gasteiger partial charge in [-0.05, 0) is 43.0 Å². The lowest BCUT2D eigenvalue weighted by Gasteiger charge is -2.38. The molecule has 2 rings (SSSR count). The van der Waals surface area contributed by atoms with E-state index in [-0.39, 0.29) is 29.3 Å². The summed E-state index contributed by atoms with van der Waals surface area (Å²) < 4.78 is 25.3. The average Bonchev–Trinajstić information content (AvgIpc) is 2.54. The minimum atomic E-state index is -3.48. The monoisotopic (exact) mass is 375 g/mol. The summed E-state index contributed by atoms with van der Waals surface area (Å²) >= 11 is 0. The van der Waals surface area contributed by atoms with Gasteiger partial charge in [-0.25, -0.2) is 12.7 Å². The van der Waals surface area contributed by atoms with Crippen molar-refractivity contribution >= 4 is 28.3 Å². The number of hydrogen-bond acceptors (Lipinski definition) is 4. The predicted octanol–water partition coefficient (Wildman–Crippen LogP) is 1.56. The van der Waals surface area contributed by atoms with Crippen LogP contribution in [0, 0.1) is 5.92 Å². The van der Waals surface area contributed by atoms with Crippen LogP contribution in [0.3, 0.4) is 0 Å². The highest BCUT2D eigenvalue weighted by Gasteiger charge is 2.29. The van der Waals surface area contributed by atoms with E-state index in [1.807, 2.05) is 4.90 Å². The molecule has 1 aliphatic rings. The van der Waals surface area contributed by atoms with Crippen molar-refractivity contribution in [2.45, 2.75) is 30.7 Å². The Labute approximate surface area is 150 Å². The third kappa shape index (κ3) is 4.27. The van der Waals surface area contributed by atoms with E-state index in [0.29, 0.717) is 24.6 Å². The normalized spacial score (nSPS) is 21.5. The van der Waals surface area contributed by atoms with Gasteiger partial charge in [-0.1, -0.05) is 6.92 Å². The van der Waals surface area contributed by atoms with Crippen molar-refractivity contribution in [1.82, 2.24) is 9.21 Å². The summed E-state index contributed by atoms with van der Waals surface area (Å²) in [7, 11) is -0.516. The van der Waals surface area contributed by atoms with Crippen LogP contribution in [0.25, 0.3) is 0 Å². The number of carbonyl (C=O) groups is 1. The third-order valence-electron chi connectivity index (χ3n) is 4.39. The van der Waals surface area contributed by atoms with Crippen molar-refractivity contribution in [2.24, 2.45) is 11.7 Å². The SMILES string of the molecule is CC1CCN(C(=O)c2ccc(S(=O)(=O)N(C)C)cc2)C(CN)C1.Cl. The second-order valence-corrected chi connectivity index (χ2v) is 8.48. The minimum absolute atomic E-state index is 0. The Morgan fingerprint density at radius 2 is 1.88 bits per heavy atom. The summed E-state index contributed by atoms with van der Waals surface area (Å²) in [5, 5.41) is 0. The van der Waals surface area contributed by atoms with Crippen molar-refractivity contribution < 1.29 is 13.2 Å². The molecule has 1 aromatic rings. The highest BCUT2D eigenvalue weighted by atomic mass is 35.5. The molecule has 1 amide bonds. The van der Waals surface area contributed by atoms with Crippen LogP contribution < -0.4 is 5.73 Å². The molecule has 1 saturated heterocycles. The molecule has 2 atom stereocenters. The molecule has 8 heteroatoms. The summed E-state index contributed by atoms with van der Waals surface area (Å²) in [6.07, 6.45) is 1.88. The molecule has 0 aliphatic carbocycles. The van der Waals surface area contributed by atoms with E-state index in [9.17, 15) is 13.2 Å². The quantitative estimate of drug-likeness (QED) is 0.865. The van der Waals surface area contributed by atoms with Gasteiger partial charge < -0.3 is 10.6 Å². The first-order valence-electron chi connectivity index (χ1n) is 7.81. The van der Waals surface area contributed by atoms with Crippen molar-refractivity contribution in [1.29, 1.82) is 0 Å². The number of halogens is 1. The third-order valence-corrected chi connectivity index (χ3v) is 6.22. The van der Waals surface area contributed by atoms with Crippen LogP contribution in [0.1, 0.15) is 30.1 Å². The topological polar surface area (TPSA) is 83.7 Å². The average molecular weight is 376 g/mol. The van der Waals surface area contributed by atoms with Crippen molar-refractivity contribution in [3.63, 3.8) is 0 Å². The van der Waals surface area contributed by atoms with E-state index < -0.39 is 10.0 Å². The lowest BCUT2D eigenvalue weighted by Crippen LogP contribution is -2.49. The Bertz CT molecular complexity index is 662. The van der Waals surface area contributed by atoms with Crippen LogP contribution in [0.5, 0.6) is 0 Å². The highest BCUT2D eigenvalue weighted by Crippen LogP contribution is 2.24. The first-order valence-corrected chi connectivity index (χ1v) is 9.25. The molecule has 1 aromatic carbocycles. The van der Waals surface area contributed by atoms with Gasteiger partial charge in [0.1, 0.15) is 0 Å². The summed E-state index contributed by atoms with van der Waals surface area (Å²) in [5.74, 6) is 0.487. The Balaban J connectivity index is 0.00000288. The molecule has 0 spiro atoms. The number of benzene rings is 1. The summed E-state index contributed by atoms with van der Waals surface area (Å²) in [6.45, 7) is 3.31. The number of sulfonamides is 1. The van der Waals surface area contributed by atoms with Crippen molar-refractivity contribution in [2.75, 3.05) is 27.2 Å². The maximum atomic E-state index is 12.7. The summed E-state index contributed by atoms with van der Waals surface area (Å²) in [5.41, 5.74) is 6.30. The Morgan fingerprint density at radius 1 is 1.29 bits per heavy atom. The Hall–Kier alpha value is -1.15. The highest BCUT2D eigenvalue weighted by molar-refractivity contribution is 7.89. The molecule has 1 heterocycles. The molecular weight excluding hydrogens is 350 g/mol. The Kier molecular flexibility index (Phi) is 7.22. The number of carbonyl (C=O) groups excluding carboxylic acids is 1. The molecule has 0 bridgehead atoms. The van der Waals surface area contributed by atoms with E-state index >= 15 is 0 Å². The molecule has 136 valence electrons. The zero-order chi connectivity index (χ0) is 17.2. The molecule has 0 saturated carbocycles. The van der Waals surface area contributed by atoms with Crippen molar-refractivity contribution in [3.8, 4) is 0 Å². The maximum Gasteiger partial charge on any atom is 0.254 e. The van der Waals surface area contributed by atoms with Gasteiger partial charge in [-0.3, -0.25) is 4.79 Å². The number of hydrogen-bond donors (Lipinski definition) is 1. The number of nitrogens with two attached hydrogens (primary N) is 1. The maximum absolute atomic E-state index is 12.7. The fourth-order valence-corrected chi connectivity index (χ4v) is 3.79. The summed E-state index contributed by atoms with van der Waals surface area (Å²) in [6, 6.07) is 6.16. The Morgan fingerprint density at radius 3 is 2.38 bits per heavy atom. The minimum Gasteiger partial charge on any atom is -0.334 e. The largest absolute Gasteiger partial charge is 0.334 e. The van der Waals surface area contributed by atoms with Crippen LogP contribution in [0.2, 0.25) is 0 Å². The fourth-order valence-electron chi connectivity index (χ4n) is 2.89. The van der Waals surface area contributed by atoms with Gasteiger partial charge >= 0.3 is 0 Å². The first kappa shape index (κ1) is 20.9. The van der Waals surface area contributed by atoms with Gasteiger partial charge in [0.05, 0.1) is 4.90 Å².